The Labute approximate surface area is 73.1 Å². The number of aliphatic hydroxyl groups excluding tert-OH is 2. The third kappa shape index (κ3) is 16.4. The predicted octanol–water partition coefficient (Wildman–Crippen LogP) is -0.216. The predicted molar refractivity (Wildman–Crippen MR) is 45.0 cm³/mol. The molecule has 0 aliphatic carbocycles. The summed E-state index contributed by atoms with van der Waals surface area (Å²) in [6, 6.07) is 0. The molecule has 0 spiro atoms. The Hall–Kier alpha value is -0.160. The van der Waals surface area contributed by atoms with Gasteiger partial charge in [0.1, 0.15) is 0 Å². The quantitative estimate of drug-likeness (QED) is 0.545. The zero-order valence-electron chi connectivity index (χ0n) is 7.37. The molecule has 0 aromatic rings. The van der Waals surface area contributed by atoms with E-state index in [1.165, 1.54) is 12.8 Å². The number of rotatable bonds is 1. The number of aliphatic hydroxyl groups is 2. The van der Waals surface area contributed by atoms with Crippen molar-refractivity contribution in [3.63, 3.8) is 0 Å². The zero-order valence-corrected chi connectivity index (χ0v) is 7.37. The molecule has 2 heterocycles. The van der Waals surface area contributed by atoms with Crippen LogP contribution in [0.25, 0.3) is 0 Å². The van der Waals surface area contributed by atoms with Gasteiger partial charge in [-0.05, 0) is 12.8 Å². The molecule has 0 saturated carbocycles. The van der Waals surface area contributed by atoms with Gasteiger partial charge in [0, 0.05) is 13.2 Å². The molecule has 0 unspecified atom stereocenters. The molecule has 0 amide bonds. The van der Waals surface area contributed by atoms with Crippen molar-refractivity contribution in [1.29, 1.82) is 0 Å². The Bertz CT molecular complexity index is 59.1. The first-order valence-electron chi connectivity index (χ1n) is 4.29. The first kappa shape index (κ1) is 11.8. The minimum Gasteiger partial charge on any atom is -0.394 e. The molecule has 12 heavy (non-hydrogen) atoms. The fourth-order valence-corrected chi connectivity index (χ4v) is 0.510. The van der Waals surface area contributed by atoms with Crippen LogP contribution in [0.2, 0.25) is 0 Å². The van der Waals surface area contributed by atoms with Gasteiger partial charge in [0.25, 0.3) is 0 Å². The van der Waals surface area contributed by atoms with E-state index in [2.05, 4.69) is 4.74 Å². The molecule has 4 nitrogen and oxygen atoms in total. The third-order valence-corrected chi connectivity index (χ3v) is 1.13. The van der Waals surface area contributed by atoms with E-state index in [0.29, 0.717) is 0 Å². The van der Waals surface area contributed by atoms with Crippen LogP contribution in [0.4, 0.5) is 0 Å². The van der Waals surface area contributed by atoms with Gasteiger partial charge in [-0.1, -0.05) is 0 Å². The zero-order chi connectivity index (χ0) is 9.07. The summed E-state index contributed by atoms with van der Waals surface area (Å²) < 4.78 is 9.44. The van der Waals surface area contributed by atoms with Gasteiger partial charge in [0.2, 0.25) is 0 Å². The van der Waals surface area contributed by atoms with E-state index in [-0.39, 0.29) is 13.2 Å². The first-order chi connectivity index (χ1) is 5.91. The number of hydrogen-bond acceptors (Lipinski definition) is 4. The van der Waals surface area contributed by atoms with E-state index < -0.39 is 0 Å². The summed E-state index contributed by atoms with van der Waals surface area (Å²) in [7, 11) is 0. The molecule has 2 fully saturated rings. The van der Waals surface area contributed by atoms with Crippen LogP contribution in [-0.4, -0.2) is 49.9 Å². The summed E-state index contributed by atoms with van der Waals surface area (Å²) in [5.41, 5.74) is 0. The molecule has 2 aliphatic heterocycles. The average Bonchev–Trinajstić information content (AvgIpc) is 2.89. The highest BCUT2D eigenvalue weighted by Crippen LogP contribution is 1.98. The van der Waals surface area contributed by atoms with Crippen molar-refractivity contribution >= 4 is 0 Å². The molecule has 0 atom stereocenters. The maximum Gasteiger partial charge on any atom is 0.0701 e. The third-order valence-electron chi connectivity index (χ3n) is 1.13. The Morgan fingerprint density at radius 2 is 1.17 bits per heavy atom. The fourth-order valence-electron chi connectivity index (χ4n) is 0.510. The van der Waals surface area contributed by atoms with Crippen molar-refractivity contribution in [2.45, 2.75) is 12.8 Å². The maximum atomic E-state index is 7.62. The highest BCUT2D eigenvalue weighted by molar-refractivity contribution is 4.43. The van der Waals surface area contributed by atoms with Gasteiger partial charge in [-0.2, -0.15) is 0 Å². The van der Waals surface area contributed by atoms with Crippen LogP contribution in [0.3, 0.4) is 0 Å². The Morgan fingerprint density at radius 1 is 0.750 bits per heavy atom. The second-order valence-corrected chi connectivity index (χ2v) is 2.38. The molecule has 0 bridgehead atoms. The molecule has 74 valence electrons. The van der Waals surface area contributed by atoms with Crippen LogP contribution in [0.1, 0.15) is 12.8 Å². The largest absolute Gasteiger partial charge is 0.394 e. The van der Waals surface area contributed by atoms with Gasteiger partial charge in [0.15, 0.2) is 0 Å². The van der Waals surface area contributed by atoms with Gasteiger partial charge in [-0.25, -0.2) is 0 Å². The molecule has 2 rings (SSSR count). The van der Waals surface area contributed by atoms with Crippen LogP contribution in [-0.2, 0) is 9.47 Å². The highest BCUT2D eigenvalue weighted by Gasteiger charge is 1.94. The van der Waals surface area contributed by atoms with Gasteiger partial charge < -0.3 is 19.7 Å². The summed E-state index contributed by atoms with van der Waals surface area (Å²) >= 11 is 0. The lowest BCUT2D eigenvalue weighted by atomic mass is 10.4. The van der Waals surface area contributed by atoms with E-state index in [1.54, 1.807) is 0 Å². The first-order valence-corrected chi connectivity index (χ1v) is 4.29. The Kier molecular flexibility index (Phi) is 10.7. The van der Waals surface area contributed by atoms with Crippen molar-refractivity contribution in [2.75, 3.05) is 39.6 Å². The van der Waals surface area contributed by atoms with Crippen LogP contribution < -0.4 is 0 Å². The van der Waals surface area contributed by atoms with E-state index in [1.807, 2.05) is 0 Å². The van der Waals surface area contributed by atoms with Crippen LogP contribution in [0, 0.1) is 0 Å². The standard InChI is InChI=1S/C4H8O.C2H6O2.C2H4O/c1-2-4-5-3-1;3-1-2-4;1-2-3-1/h1-4H2;3-4H,1-2H2;1-2H2. The molecule has 2 saturated heterocycles. The van der Waals surface area contributed by atoms with E-state index in [0.717, 1.165) is 26.4 Å². The summed E-state index contributed by atoms with van der Waals surface area (Å²) in [4.78, 5) is 0. The lowest BCUT2D eigenvalue weighted by Gasteiger charge is -1.76. The van der Waals surface area contributed by atoms with E-state index in [9.17, 15) is 0 Å². The lowest BCUT2D eigenvalue weighted by molar-refractivity contribution is 0.186. The topological polar surface area (TPSA) is 62.2 Å². The lowest BCUT2D eigenvalue weighted by Crippen LogP contribution is -1.85. The summed E-state index contributed by atoms with van der Waals surface area (Å²) in [5, 5.41) is 15.2. The molecule has 4 heteroatoms. The monoisotopic (exact) mass is 178 g/mol. The molecule has 0 radical (unpaired) electrons. The van der Waals surface area contributed by atoms with Gasteiger partial charge in [-0.15, -0.1) is 0 Å². The number of epoxide rings is 1. The van der Waals surface area contributed by atoms with Crippen molar-refractivity contribution in [3.05, 3.63) is 0 Å². The Balaban J connectivity index is 0.000000156. The molecular weight excluding hydrogens is 160 g/mol. The smallest absolute Gasteiger partial charge is 0.0701 e. The molecule has 2 aliphatic rings. The van der Waals surface area contributed by atoms with Gasteiger partial charge in [0.05, 0.1) is 26.4 Å². The minimum absolute atomic E-state index is 0.125. The highest BCUT2D eigenvalue weighted by atomic mass is 16.6. The SMILES string of the molecule is C1CCOC1.C1CO1.OCCO. The van der Waals surface area contributed by atoms with Crippen molar-refractivity contribution in [3.8, 4) is 0 Å². The van der Waals surface area contributed by atoms with Crippen molar-refractivity contribution in [2.24, 2.45) is 0 Å². The van der Waals surface area contributed by atoms with Crippen LogP contribution in [0.15, 0.2) is 0 Å². The van der Waals surface area contributed by atoms with Crippen LogP contribution in [0.5, 0.6) is 0 Å². The van der Waals surface area contributed by atoms with Crippen molar-refractivity contribution < 1.29 is 19.7 Å². The second-order valence-electron chi connectivity index (χ2n) is 2.38. The molecule has 0 aromatic heterocycles. The average molecular weight is 178 g/mol. The maximum absolute atomic E-state index is 7.62. The number of ether oxygens (including phenoxy) is 2. The minimum atomic E-state index is -0.125. The number of hydrogen-bond donors (Lipinski definition) is 2. The summed E-state index contributed by atoms with van der Waals surface area (Å²) in [6.45, 7) is 3.75. The second kappa shape index (κ2) is 10.8. The molecule has 0 aromatic carbocycles. The van der Waals surface area contributed by atoms with Gasteiger partial charge in [-0.3, -0.25) is 0 Å². The van der Waals surface area contributed by atoms with Gasteiger partial charge >= 0.3 is 0 Å². The normalized spacial score (nSPS) is 18.5. The molecule has 2 N–H and O–H groups in total. The molecular formula is C8H18O4. The van der Waals surface area contributed by atoms with E-state index in [4.69, 9.17) is 14.9 Å². The van der Waals surface area contributed by atoms with Crippen LogP contribution >= 0.6 is 0 Å². The Morgan fingerprint density at radius 3 is 1.25 bits per heavy atom. The summed E-state index contributed by atoms with van der Waals surface area (Å²) in [6.07, 6.45) is 2.56. The van der Waals surface area contributed by atoms with Crippen molar-refractivity contribution in [1.82, 2.24) is 0 Å². The fraction of sp³-hybridized carbons (Fsp3) is 1.00. The summed E-state index contributed by atoms with van der Waals surface area (Å²) in [5.74, 6) is 0. The van der Waals surface area contributed by atoms with E-state index >= 15 is 0 Å².